The van der Waals surface area contributed by atoms with Crippen molar-refractivity contribution in [2.75, 3.05) is 0 Å². The molecule has 0 amide bonds. The Kier molecular flexibility index (Phi) is 5.05. The van der Waals surface area contributed by atoms with Gasteiger partial charge in [-0.25, -0.2) is 4.39 Å². The Hall–Kier alpha value is 0. The van der Waals surface area contributed by atoms with Crippen molar-refractivity contribution in [3.05, 3.63) is 23.4 Å². The predicted octanol–water partition coefficient (Wildman–Crippen LogP) is 5.17. The first-order valence-corrected chi connectivity index (χ1v) is 7.54. The fourth-order valence-corrected chi connectivity index (χ4v) is 2.66. The monoisotopic (exact) mass is 495 g/mol. The van der Waals surface area contributed by atoms with Crippen molar-refractivity contribution in [3.8, 4) is 0 Å². The normalized spacial score (nSPS) is 25.9. The molecule has 0 spiro atoms. The van der Waals surface area contributed by atoms with Gasteiger partial charge in [-0.1, -0.05) is 44.1 Å². The van der Waals surface area contributed by atoms with Gasteiger partial charge in [0.1, 0.15) is 4.45 Å². The molecule has 2 atom stereocenters. The smallest absolute Gasteiger partial charge is 0.366 e. The van der Waals surface area contributed by atoms with E-state index in [2.05, 4.69) is 15.9 Å². The molecule has 1 N–H and O–H groups in total. The summed E-state index contributed by atoms with van der Waals surface area (Å²) in [4.78, 5) is 0. The summed E-state index contributed by atoms with van der Waals surface area (Å²) < 4.78 is 88.7. The minimum atomic E-state index is -6.13. The highest BCUT2D eigenvalue weighted by Gasteiger charge is 2.75. The third-order valence-corrected chi connectivity index (χ3v) is 5.82. The van der Waals surface area contributed by atoms with E-state index in [0.29, 0.717) is 6.08 Å². The van der Waals surface area contributed by atoms with E-state index in [4.69, 9.17) is 0 Å². The molecule has 1 rings (SSSR count). The standard InChI is InChI=1S/C11H10BrF7IN/c1-5-3-7(21-8(12,4-5)6(2)20)9(13,10(14,15)16)11(17,18)19/h3-4,6,21H,1-2H3. The molecule has 0 aromatic carbocycles. The van der Waals surface area contributed by atoms with Crippen LogP contribution in [0.2, 0.25) is 0 Å². The van der Waals surface area contributed by atoms with E-state index in [1.165, 1.54) is 13.0 Å². The second kappa shape index (κ2) is 5.57. The molecule has 21 heavy (non-hydrogen) atoms. The summed E-state index contributed by atoms with van der Waals surface area (Å²) in [5.74, 6) is 0. The summed E-state index contributed by atoms with van der Waals surface area (Å²) in [6.45, 7) is 2.85. The molecular formula is C11H10BrF7IN. The Morgan fingerprint density at radius 1 is 1.14 bits per heavy atom. The van der Waals surface area contributed by atoms with Crippen molar-refractivity contribution >= 4 is 38.5 Å². The molecule has 1 aliphatic heterocycles. The molecule has 1 heterocycles. The number of dihydropyridines is 1. The maximum Gasteiger partial charge on any atom is 0.437 e. The molecular weight excluding hydrogens is 486 g/mol. The van der Waals surface area contributed by atoms with Crippen LogP contribution < -0.4 is 5.32 Å². The lowest BCUT2D eigenvalue weighted by atomic mass is 9.93. The van der Waals surface area contributed by atoms with E-state index in [1.807, 2.05) is 5.32 Å². The number of alkyl halides is 9. The number of hydrogen-bond acceptors (Lipinski definition) is 1. The van der Waals surface area contributed by atoms with Crippen LogP contribution in [0.1, 0.15) is 13.8 Å². The summed E-state index contributed by atoms with van der Waals surface area (Å²) in [5.41, 5.74) is -6.96. The number of allylic oxidation sites excluding steroid dienone is 3. The molecule has 0 aliphatic carbocycles. The zero-order valence-corrected chi connectivity index (χ0v) is 14.4. The van der Waals surface area contributed by atoms with Gasteiger partial charge in [-0.05, 0) is 26.0 Å². The minimum Gasteiger partial charge on any atom is -0.366 e. The molecule has 2 unspecified atom stereocenters. The van der Waals surface area contributed by atoms with Crippen molar-refractivity contribution in [2.45, 2.75) is 40.2 Å². The van der Waals surface area contributed by atoms with E-state index < -0.39 is 32.1 Å². The van der Waals surface area contributed by atoms with Crippen molar-refractivity contribution < 1.29 is 30.7 Å². The Bertz CT molecular complexity index is 466. The van der Waals surface area contributed by atoms with Crippen LogP contribution in [0.4, 0.5) is 30.7 Å². The summed E-state index contributed by atoms with van der Waals surface area (Å²) >= 11 is 4.83. The van der Waals surface area contributed by atoms with Crippen molar-refractivity contribution in [1.82, 2.24) is 5.32 Å². The largest absolute Gasteiger partial charge is 0.437 e. The first-order chi connectivity index (χ1) is 9.15. The Morgan fingerprint density at radius 3 is 1.90 bits per heavy atom. The second-order valence-electron chi connectivity index (χ2n) is 4.61. The van der Waals surface area contributed by atoms with Gasteiger partial charge in [0.25, 0.3) is 0 Å². The fraction of sp³-hybridized carbons (Fsp3) is 0.636. The molecule has 0 aromatic heterocycles. The maximum absolute atomic E-state index is 14.0. The van der Waals surface area contributed by atoms with Crippen LogP contribution in [0.5, 0.6) is 0 Å². The highest BCUT2D eigenvalue weighted by molar-refractivity contribution is 14.1. The Morgan fingerprint density at radius 2 is 1.57 bits per heavy atom. The van der Waals surface area contributed by atoms with Crippen LogP contribution in [0, 0.1) is 0 Å². The van der Waals surface area contributed by atoms with Gasteiger partial charge in [-0.3, -0.25) is 0 Å². The molecule has 1 nitrogen and oxygen atoms in total. The predicted molar refractivity (Wildman–Crippen MR) is 76.1 cm³/mol. The third kappa shape index (κ3) is 3.35. The molecule has 0 fully saturated rings. The lowest BCUT2D eigenvalue weighted by molar-refractivity contribution is -0.328. The van der Waals surface area contributed by atoms with Crippen LogP contribution in [-0.2, 0) is 0 Å². The van der Waals surface area contributed by atoms with Gasteiger partial charge in [-0.15, -0.1) is 0 Å². The topological polar surface area (TPSA) is 12.0 Å². The van der Waals surface area contributed by atoms with E-state index >= 15 is 0 Å². The maximum atomic E-state index is 14.0. The second-order valence-corrected chi connectivity index (χ2v) is 7.79. The van der Waals surface area contributed by atoms with Crippen LogP contribution in [-0.4, -0.2) is 26.4 Å². The lowest BCUT2D eigenvalue weighted by Gasteiger charge is -2.40. The van der Waals surface area contributed by atoms with Crippen LogP contribution in [0.25, 0.3) is 0 Å². The van der Waals surface area contributed by atoms with Crippen LogP contribution in [0.15, 0.2) is 23.4 Å². The molecule has 0 bridgehead atoms. The van der Waals surface area contributed by atoms with Gasteiger partial charge < -0.3 is 5.32 Å². The molecule has 0 aromatic rings. The highest BCUT2D eigenvalue weighted by atomic mass is 127. The van der Waals surface area contributed by atoms with Crippen molar-refractivity contribution in [1.29, 1.82) is 0 Å². The Labute approximate surface area is 138 Å². The van der Waals surface area contributed by atoms with Gasteiger partial charge in [0, 0.05) is 3.92 Å². The number of hydrogen-bond donors (Lipinski definition) is 1. The van der Waals surface area contributed by atoms with E-state index in [1.54, 1.807) is 29.5 Å². The van der Waals surface area contributed by atoms with Gasteiger partial charge in [0.15, 0.2) is 0 Å². The summed E-state index contributed by atoms with van der Waals surface area (Å²) in [6.07, 6.45) is -10.4. The molecule has 0 saturated heterocycles. The van der Waals surface area contributed by atoms with Crippen molar-refractivity contribution in [3.63, 3.8) is 0 Å². The van der Waals surface area contributed by atoms with Gasteiger partial charge >= 0.3 is 18.0 Å². The van der Waals surface area contributed by atoms with Crippen LogP contribution >= 0.6 is 38.5 Å². The quantitative estimate of drug-likeness (QED) is 0.241. The summed E-state index contributed by atoms with van der Waals surface area (Å²) in [6, 6.07) is 0. The third-order valence-electron chi connectivity index (χ3n) is 2.87. The van der Waals surface area contributed by atoms with Crippen molar-refractivity contribution in [2.24, 2.45) is 0 Å². The molecule has 10 heteroatoms. The summed E-state index contributed by atoms with van der Waals surface area (Å²) in [7, 11) is 0. The van der Waals surface area contributed by atoms with E-state index in [-0.39, 0.29) is 5.57 Å². The Balaban J connectivity index is 3.46. The fourth-order valence-electron chi connectivity index (χ4n) is 1.75. The van der Waals surface area contributed by atoms with Gasteiger partial charge in [0.05, 0.1) is 5.70 Å². The van der Waals surface area contributed by atoms with E-state index in [9.17, 15) is 30.7 Å². The number of halogens is 9. The summed E-state index contributed by atoms with van der Waals surface area (Å²) in [5, 5.41) is 1.99. The van der Waals surface area contributed by atoms with E-state index in [0.717, 1.165) is 0 Å². The van der Waals surface area contributed by atoms with Gasteiger partial charge in [-0.2, -0.15) is 26.3 Å². The number of nitrogens with one attached hydrogen (secondary N) is 1. The highest BCUT2D eigenvalue weighted by Crippen LogP contribution is 2.51. The molecule has 122 valence electrons. The molecule has 0 radical (unpaired) electrons. The SMILES string of the molecule is CC1=CC(Br)(C(C)I)NC(C(F)(C(F)(F)F)C(F)(F)F)=C1. The molecule has 0 saturated carbocycles. The molecule has 1 aliphatic rings. The first-order valence-electron chi connectivity index (χ1n) is 5.50. The first kappa shape index (κ1) is 19.0. The minimum absolute atomic E-state index is 0.0830. The van der Waals surface area contributed by atoms with Crippen LogP contribution in [0.3, 0.4) is 0 Å². The zero-order chi connectivity index (χ0) is 16.9. The van der Waals surface area contributed by atoms with Gasteiger partial charge in [0.2, 0.25) is 0 Å². The lowest BCUT2D eigenvalue weighted by Crippen LogP contribution is -2.61. The number of rotatable bonds is 2. The zero-order valence-electron chi connectivity index (χ0n) is 10.6. The average molecular weight is 496 g/mol. The average Bonchev–Trinajstić information content (AvgIpc) is 2.23.